The Morgan fingerprint density at radius 2 is 1.90 bits per heavy atom. The van der Waals surface area contributed by atoms with E-state index in [1.165, 1.54) is 10.5 Å². The van der Waals surface area contributed by atoms with Crippen LogP contribution in [0.1, 0.15) is 18.1 Å². The van der Waals surface area contributed by atoms with Crippen LogP contribution in [0.15, 0.2) is 18.2 Å². The van der Waals surface area contributed by atoms with Crippen molar-refractivity contribution < 1.29 is 14.5 Å². The molecule has 114 valence electrons. The fourth-order valence-electron chi connectivity index (χ4n) is 2.69. The van der Waals surface area contributed by atoms with E-state index in [-0.39, 0.29) is 11.8 Å². The Hall–Kier alpha value is -1.88. The maximum atomic E-state index is 12.1. The number of rotatable bonds is 3. The van der Waals surface area contributed by atoms with Gasteiger partial charge in [0, 0.05) is 12.6 Å². The Bertz CT molecular complexity index is 534. The number of piperazine rings is 1. The Labute approximate surface area is 125 Å². The number of nitrogens with zero attached hydrogens (tertiary/aromatic N) is 1. The summed E-state index contributed by atoms with van der Waals surface area (Å²) in [5, 5.41) is 2.98. The summed E-state index contributed by atoms with van der Waals surface area (Å²) in [6.07, 6.45) is 0. The lowest BCUT2D eigenvalue weighted by Crippen LogP contribution is -3.15. The maximum Gasteiger partial charge on any atom is 0.279 e. The van der Waals surface area contributed by atoms with Gasteiger partial charge < -0.3 is 15.1 Å². The van der Waals surface area contributed by atoms with Gasteiger partial charge in [0.05, 0.1) is 26.2 Å². The van der Waals surface area contributed by atoms with Crippen LogP contribution in [0.25, 0.3) is 0 Å². The molecule has 0 radical (unpaired) electrons. The molecule has 0 aliphatic carbocycles. The van der Waals surface area contributed by atoms with Gasteiger partial charge in [0.15, 0.2) is 6.54 Å². The Morgan fingerprint density at radius 1 is 1.24 bits per heavy atom. The summed E-state index contributed by atoms with van der Waals surface area (Å²) >= 11 is 0. The second-order valence-corrected chi connectivity index (χ2v) is 5.80. The van der Waals surface area contributed by atoms with Gasteiger partial charge in [-0.1, -0.05) is 17.7 Å². The van der Waals surface area contributed by atoms with Gasteiger partial charge >= 0.3 is 0 Å². The number of nitrogens with one attached hydrogen (secondary N) is 2. The quantitative estimate of drug-likeness (QED) is 0.823. The van der Waals surface area contributed by atoms with E-state index in [1.807, 2.05) is 30.9 Å². The summed E-state index contributed by atoms with van der Waals surface area (Å²) in [5.74, 6) is 0.155. The molecule has 2 rings (SSSR count). The minimum atomic E-state index is 0.0354. The van der Waals surface area contributed by atoms with Crippen molar-refractivity contribution >= 4 is 17.5 Å². The van der Waals surface area contributed by atoms with Crippen molar-refractivity contribution in [3.63, 3.8) is 0 Å². The smallest absolute Gasteiger partial charge is 0.279 e. The van der Waals surface area contributed by atoms with Gasteiger partial charge in [-0.3, -0.25) is 9.59 Å². The second-order valence-electron chi connectivity index (χ2n) is 5.80. The number of anilines is 1. The summed E-state index contributed by atoms with van der Waals surface area (Å²) in [4.78, 5) is 26.5. The van der Waals surface area contributed by atoms with Crippen LogP contribution in [-0.4, -0.2) is 49.4 Å². The third-order valence-corrected chi connectivity index (χ3v) is 3.98. The highest BCUT2D eigenvalue weighted by Gasteiger charge is 2.23. The number of hydrogen-bond donors (Lipinski definition) is 2. The normalized spacial score (nSPS) is 15.9. The van der Waals surface area contributed by atoms with Crippen molar-refractivity contribution in [3.05, 3.63) is 29.3 Å². The molecular formula is C16H24N3O2+. The molecule has 0 saturated carbocycles. The van der Waals surface area contributed by atoms with Gasteiger partial charge in [0.25, 0.3) is 5.91 Å². The third kappa shape index (κ3) is 4.29. The van der Waals surface area contributed by atoms with Gasteiger partial charge in [0.1, 0.15) is 0 Å². The summed E-state index contributed by atoms with van der Waals surface area (Å²) < 4.78 is 0. The molecule has 0 atom stereocenters. The predicted molar refractivity (Wildman–Crippen MR) is 82.4 cm³/mol. The first-order chi connectivity index (χ1) is 9.95. The fourth-order valence-corrected chi connectivity index (χ4v) is 2.69. The van der Waals surface area contributed by atoms with Crippen molar-refractivity contribution in [1.29, 1.82) is 0 Å². The molecule has 1 aliphatic rings. The molecule has 1 fully saturated rings. The predicted octanol–water partition coefficient (Wildman–Crippen LogP) is -0.0111. The zero-order valence-corrected chi connectivity index (χ0v) is 13.0. The standard InChI is InChI=1S/C16H23N3O2/c1-12-4-5-15(13(2)10-12)17-16(21)11-18-6-8-19(9-7-18)14(3)20/h4-5,10H,6-9,11H2,1-3H3,(H,17,21)/p+1. The summed E-state index contributed by atoms with van der Waals surface area (Å²) in [6, 6.07) is 6.01. The molecule has 0 spiro atoms. The topological polar surface area (TPSA) is 53.9 Å². The van der Waals surface area contributed by atoms with Crippen molar-refractivity contribution in [2.45, 2.75) is 20.8 Å². The Morgan fingerprint density at radius 3 is 2.48 bits per heavy atom. The van der Waals surface area contributed by atoms with E-state index < -0.39 is 0 Å². The first-order valence-electron chi connectivity index (χ1n) is 7.42. The molecule has 5 nitrogen and oxygen atoms in total. The zero-order chi connectivity index (χ0) is 15.4. The van der Waals surface area contributed by atoms with Gasteiger partial charge in [-0.2, -0.15) is 0 Å². The number of carbonyl (C=O) groups excluding carboxylic acids is 2. The molecule has 21 heavy (non-hydrogen) atoms. The van der Waals surface area contributed by atoms with E-state index in [1.54, 1.807) is 6.92 Å². The number of quaternary nitrogens is 1. The fraction of sp³-hybridized carbons (Fsp3) is 0.500. The molecule has 0 bridgehead atoms. The third-order valence-electron chi connectivity index (χ3n) is 3.98. The second kappa shape index (κ2) is 6.72. The van der Waals surface area contributed by atoms with Crippen molar-refractivity contribution in [1.82, 2.24) is 4.90 Å². The van der Waals surface area contributed by atoms with E-state index >= 15 is 0 Å². The number of hydrogen-bond acceptors (Lipinski definition) is 2. The van der Waals surface area contributed by atoms with E-state index in [0.29, 0.717) is 6.54 Å². The lowest BCUT2D eigenvalue weighted by Gasteiger charge is -2.31. The highest BCUT2D eigenvalue weighted by molar-refractivity contribution is 5.92. The lowest BCUT2D eigenvalue weighted by atomic mass is 10.1. The monoisotopic (exact) mass is 290 g/mol. The lowest BCUT2D eigenvalue weighted by molar-refractivity contribution is -0.895. The molecule has 1 aliphatic heterocycles. The van der Waals surface area contributed by atoms with E-state index in [4.69, 9.17) is 0 Å². The van der Waals surface area contributed by atoms with Crippen LogP contribution in [0.2, 0.25) is 0 Å². The van der Waals surface area contributed by atoms with Crippen LogP contribution in [0.4, 0.5) is 5.69 Å². The zero-order valence-electron chi connectivity index (χ0n) is 13.0. The largest absolute Gasteiger partial charge is 0.332 e. The molecule has 1 saturated heterocycles. The molecule has 2 N–H and O–H groups in total. The first kappa shape index (κ1) is 15.5. The summed E-state index contributed by atoms with van der Waals surface area (Å²) in [6.45, 7) is 9.23. The van der Waals surface area contributed by atoms with Gasteiger partial charge in [0.2, 0.25) is 5.91 Å². The van der Waals surface area contributed by atoms with Crippen molar-refractivity contribution in [2.24, 2.45) is 0 Å². The maximum absolute atomic E-state index is 12.1. The number of aryl methyl sites for hydroxylation is 2. The van der Waals surface area contributed by atoms with Crippen LogP contribution in [0, 0.1) is 13.8 Å². The Balaban J connectivity index is 1.84. The van der Waals surface area contributed by atoms with Crippen molar-refractivity contribution in [2.75, 3.05) is 38.0 Å². The molecule has 0 aromatic heterocycles. The summed E-state index contributed by atoms with van der Waals surface area (Å²) in [5.41, 5.74) is 3.16. The van der Waals surface area contributed by atoms with Crippen LogP contribution in [0.5, 0.6) is 0 Å². The minimum absolute atomic E-state index is 0.0354. The average molecular weight is 290 g/mol. The highest BCUT2D eigenvalue weighted by atomic mass is 16.2. The summed E-state index contributed by atoms with van der Waals surface area (Å²) in [7, 11) is 0. The van der Waals surface area contributed by atoms with E-state index in [9.17, 15) is 9.59 Å². The highest BCUT2D eigenvalue weighted by Crippen LogP contribution is 2.15. The van der Waals surface area contributed by atoms with Crippen LogP contribution in [-0.2, 0) is 9.59 Å². The number of benzene rings is 1. The van der Waals surface area contributed by atoms with Gasteiger partial charge in [-0.25, -0.2) is 0 Å². The van der Waals surface area contributed by atoms with Crippen molar-refractivity contribution in [3.8, 4) is 0 Å². The van der Waals surface area contributed by atoms with Crippen LogP contribution < -0.4 is 10.2 Å². The first-order valence-corrected chi connectivity index (χ1v) is 7.42. The molecule has 1 aromatic carbocycles. The average Bonchev–Trinajstić information content (AvgIpc) is 2.42. The number of amides is 2. The molecule has 0 unspecified atom stereocenters. The van der Waals surface area contributed by atoms with Gasteiger partial charge in [-0.05, 0) is 25.5 Å². The van der Waals surface area contributed by atoms with Crippen LogP contribution >= 0.6 is 0 Å². The molecule has 1 aromatic rings. The molecular weight excluding hydrogens is 266 g/mol. The van der Waals surface area contributed by atoms with Gasteiger partial charge in [-0.15, -0.1) is 0 Å². The van der Waals surface area contributed by atoms with E-state index in [0.717, 1.165) is 37.4 Å². The molecule has 2 amide bonds. The Kier molecular flexibility index (Phi) is 4.96. The SMILES string of the molecule is CC(=O)N1CC[NH+](CC(=O)Nc2ccc(C)cc2C)CC1. The minimum Gasteiger partial charge on any atom is -0.332 e. The number of carbonyl (C=O) groups is 2. The van der Waals surface area contributed by atoms with E-state index in [2.05, 4.69) is 11.4 Å². The van der Waals surface area contributed by atoms with Crippen LogP contribution in [0.3, 0.4) is 0 Å². The molecule has 1 heterocycles. The molecule has 5 heteroatoms.